The first-order valence-corrected chi connectivity index (χ1v) is 7.64. The van der Waals surface area contributed by atoms with Gasteiger partial charge in [0.25, 0.3) is 5.91 Å². The minimum atomic E-state index is -0.468. The summed E-state index contributed by atoms with van der Waals surface area (Å²) in [7, 11) is 0. The predicted octanol–water partition coefficient (Wildman–Crippen LogP) is 2.49. The summed E-state index contributed by atoms with van der Waals surface area (Å²) in [4.78, 5) is 12.0. The number of halogens is 2. The number of rotatable bonds is 4. The number of carbonyl (C=O) groups is 1. The van der Waals surface area contributed by atoms with Gasteiger partial charge in [-0.25, -0.2) is 0 Å². The third-order valence-corrected chi connectivity index (χ3v) is 3.79. The predicted molar refractivity (Wildman–Crippen MR) is 86.8 cm³/mol. The van der Waals surface area contributed by atoms with E-state index in [1.807, 2.05) is 29.5 Å². The number of aromatic hydroxyl groups is 1. The molecule has 2 atom stereocenters. The molecular formula is C12H15I2NO3. The Bertz CT molecular complexity index is 449. The Morgan fingerprint density at radius 1 is 1.39 bits per heavy atom. The van der Waals surface area contributed by atoms with Crippen LogP contribution in [0.5, 0.6) is 5.75 Å². The molecule has 2 unspecified atom stereocenters. The molecule has 0 aliphatic heterocycles. The number of aliphatic hydroxyl groups excluding tert-OH is 1. The number of hydrogen-bond donors (Lipinski definition) is 3. The highest BCUT2D eigenvalue weighted by atomic mass is 127. The first-order chi connectivity index (χ1) is 8.31. The molecule has 0 bridgehead atoms. The molecule has 6 heteroatoms. The molecule has 100 valence electrons. The molecule has 0 aliphatic rings. The van der Waals surface area contributed by atoms with Gasteiger partial charge in [0.05, 0.1) is 15.2 Å². The van der Waals surface area contributed by atoms with Gasteiger partial charge in [-0.2, -0.15) is 0 Å². The lowest BCUT2D eigenvalue weighted by atomic mass is 10.1. The maximum Gasteiger partial charge on any atom is 0.255 e. The summed E-state index contributed by atoms with van der Waals surface area (Å²) in [6.07, 6.45) is 0.0120. The summed E-state index contributed by atoms with van der Waals surface area (Å²) >= 11 is 4.09. The van der Waals surface area contributed by atoms with E-state index in [1.165, 1.54) is 0 Å². The summed E-state index contributed by atoms with van der Waals surface area (Å²) in [5.74, 6) is -0.324. The molecular weight excluding hydrogens is 460 g/mol. The zero-order chi connectivity index (χ0) is 13.9. The standard InChI is InChI=1S/C12H15I2NO3/c1-6(3-7(2)16)15-12(18)9-4-8(13)5-10(14)11(9)17/h4-7,16-17H,3H2,1-2H3,(H,15,18). The van der Waals surface area contributed by atoms with Crippen molar-refractivity contribution in [2.24, 2.45) is 0 Å². The fourth-order valence-electron chi connectivity index (χ4n) is 1.61. The second-order valence-corrected chi connectivity index (χ2v) is 6.65. The van der Waals surface area contributed by atoms with Crippen LogP contribution < -0.4 is 5.32 Å². The van der Waals surface area contributed by atoms with E-state index in [-0.39, 0.29) is 23.3 Å². The molecule has 0 radical (unpaired) electrons. The number of nitrogens with one attached hydrogen (secondary N) is 1. The molecule has 0 aliphatic carbocycles. The topological polar surface area (TPSA) is 69.6 Å². The van der Waals surface area contributed by atoms with Crippen LogP contribution in [0.4, 0.5) is 0 Å². The van der Waals surface area contributed by atoms with Gasteiger partial charge in [-0.15, -0.1) is 0 Å². The third-order valence-electron chi connectivity index (χ3n) is 2.34. The Kier molecular flexibility index (Phi) is 6.12. The van der Waals surface area contributed by atoms with E-state index in [0.717, 1.165) is 3.57 Å². The highest BCUT2D eigenvalue weighted by Gasteiger charge is 2.17. The Balaban J connectivity index is 2.85. The van der Waals surface area contributed by atoms with Crippen molar-refractivity contribution in [1.82, 2.24) is 5.32 Å². The van der Waals surface area contributed by atoms with Gasteiger partial charge in [0, 0.05) is 9.61 Å². The molecule has 0 spiro atoms. The van der Waals surface area contributed by atoms with Crippen molar-refractivity contribution in [3.63, 3.8) is 0 Å². The van der Waals surface area contributed by atoms with Crippen molar-refractivity contribution in [3.8, 4) is 5.75 Å². The molecule has 0 aromatic heterocycles. The average Bonchev–Trinajstić information content (AvgIpc) is 2.21. The number of phenolic OH excluding ortho intramolecular Hbond substituents is 1. The lowest BCUT2D eigenvalue weighted by Crippen LogP contribution is -2.34. The summed E-state index contributed by atoms with van der Waals surface area (Å²) in [5.41, 5.74) is 0.267. The number of phenols is 1. The lowest BCUT2D eigenvalue weighted by molar-refractivity contribution is 0.0920. The van der Waals surface area contributed by atoms with Gasteiger partial charge < -0.3 is 15.5 Å². The molecule has 0 saturated carbocycles. The van der Waals surface area contributed by atoms with E-state index >= 15 is 0 Å². The van der Waals surface area contributed by atoms with Crippen LogP contribution in [-0.4, -0.2) is 28.3 Å². The van der Waals surface area contributed by atoms with Gasteiger partial charge in [0.2, 0.25) is 0 Å². The molecule has 1 aromatic rings. The molecule has 0 saturated heterocycles. The Labute approximate surface area is 133 Å². The molecule has 1 aromatic carbocycles. The van der Waals surface area contributed by atoms with Crippen molar-refractivity contribution < 1.29 is 15.0 Å². The number of benzene rings is 1. The summed E-state index contributed by atoms with van der Waals surface area (Å²) in [6, 6.07) is 3.29. The zero-order valence-corrected chi connectivity index (χ0v) is 14.4. The molecule has 1 amide bonds. The normalized spacial score (nSPS) is 14.1. The molecule has 4 nitrogen and oxygen atoms in total. The van der Waals surface area contributed by atoms with E-state index in [0.29, 0.717) is 9.99 Å². The van der Waals surface area contributed by atoms with Crippen LogP contribution in [0.3, 0.4) is 0 Å². The van der Waals surface area contributed by atoms with Crippen LogP contribution in [-0.2, 0) is 0 Å². The van der Waals surface area contributed by atoms with Crippen LogP contribution in [0, 0.1) is 7.14 Å². The van der Waals surface area contributed by atoms with Gasteiger partial charge in [-0.3, -0.25) is 4.79 Å². The van der Waals surface area contributed by atoms with Crippen LogP contribution in [0.1, 0.15) is 30.6 Å². The fraction of sp³-hybridized carbons (Fsp3) is 0.417. The van der Waals surface area contributed by atoms with Crippen LogP contribution in [0.25, 0.3) is 0 Å². The Morgan fingerprint density at radius 2 is 2.00 bits per heavy atom. The molecule has 18 heavy (non-hydrogen) atoms. The van der Waals surface area contributed by atoms with E-state index in [2.05, 4.69) is 27.9 Å². The van der Waals surface area contributed by atoms with Crippen molar-refractivity contribution in [2.45, 2.75) is 32.4 Å². The largest absolute Gasteiger partial charge is 0.506 e. The van der Waals surface area contributed by atoms with E-state index in [1.54, 1.807) is 19.1 Å². The average molecular weight is 475 g/mol. The van der Waals surface area contributed by atoms with E-state index in [4.69, 9.17) is 0 Å². The summed E-state index contributed by atoms with van der Waals surface area (Å²) in [6.45, 7) is 3.50. The monoisotopic (exact) mass is 475 g/mol. The van der Waals surface area contributed by atoms with Crippen molar-refractivity contribution in [3.05, 3.63) is 24.8 Å². The smallest absolute Gasteiger partial charge is 0.255 e. The fourth-order valence-corrected chi connectivity index (χ4v) is 3.46. The molecule has 0 heterocycles. The second-order valence-electron chi connectivity index (χ2n) is 4.24. The quantitative estimate of drug-likeness (QED) is 0.587. The number of hydrogen-bond acceptors (Lipinski definition) is 3. The van der Waals surface area contributed by atoms with Crippen LogP contribution in [0.15, 0.2) is 12.1 Å². The van der Waals surface area contributed by atoms with Gasteiger partial charge in [-0.1, -0.05) is 0 Å². The second kappa shape index (κ2) is 6.90. The van der Waals surface area contributed by atoms with Gasteiger partial charge >= 0.3 is 0 Å². The van der Waals surface area contributed by atoms with E-state index < -0.39 is 6.10 Å². The van der Waals surface area contributed by atoms with Gasteiger partial charge in [0.15, 0.2) is 0 Å². The number of amides is 1. The highest BCUT2D eigenvalue weighted by Crippen LogP contribution is 2.27. The Hall–Kier alpha value is -0.0900. The Morgan fingerprint density at radius 3 is 2.56 bits per heavy atom. The zero-order valence-electron chi connectivity index (χ0n) is 10.1. The first kappa shape index (κ1) is 16.0. The summed E-state index contributed by atoms with van der Waals surface area (Å²) in [5, 5.41) is 21.9. The van der Waals surface area contributed by atoms with Crippen molar-refractivity contribution >= 4 is 51.1 Å². The SMILES string of the molecule is CC(O)CC(C)NC(=O)c1cc(I)cc(I)c1O. The minimum absolute atomic E-state index is 0.00207. The van der Waals surface area contributed by atoms with Crippen molar-refractivity contribution in [1.29, 1.82) is 0 Å². The highest BCUT2D eigenvalue weighted by molar-refractivity contribution is 14.1. The van der Waals surface area contributed by atoms with Crippen molar-refractivity contribution in [2.75, 3.05) is 0 Å². The maximum absolute atomic E-state index is 12.0. The van der Waals surface area contributed by atoms with Gasteiger partial charge in [0.1, 0.15) is 5.75 Å². The van der Waals surface area contributed by atoms with Crippen LogP contribution >= 0.6 is 45.2 Å². The third kappa shape index (κ3) is 4.54. The molecule has 3 N–H and O–H groups in total. The van der Waals surface area contributed by atoms with Gasteiger partial charge in [-0.05, 0) is 77.6 Å². The lowest BCUT2D eigenvalue weighted by Gasteiger charge is -2.16. The maximum atomic E-state index is 12.0. The first-order valence-electron chi connectivity index (χ1n) is 5.48. The van der Waals surface area contributed by atoms with Crippen LogP contribution in [0.2, 0.25) is 0 Å². The van der Waals surface area contributed by atoms with E-state index in [9.17, 15) is 15.0 Å². The number of aliphatic hydroxyl groups is 1. The number of carbonyl (C=O) groups excluding carboxylic acids is 1. The summed E-state index contributed by atoms with van der Waals surface area (Å²) < 4.78 is 1.54. The minimum Gasteiger partial charge on any atom is -0.506 e. The molecule has 0 fully saturated rings. The molecule has 1 rings (SSSR count).